The molecule has 3 rings (SSSR count). The van der Waals surface area contributed by atoms with Gasteiger partial charge in [0.2, 0.25) is 0 Å². The number of halogens is 1. The molecule has 0 aliphatic rings. The lowest BCUT2D eigenvalue weighted by atomic mass is 10.1. The van der Waals surface area contributed by atoms with Crippen molar-refractivity contribution in [1.29, 1.82) is 0 Å². The van der Waals surface area contributed by atoms with Crippen LogP contribution in [0.25, 0.3) is 10.9 Å². The van der Waals surface area contributed by atoms with Crippen molar-refractivity contribution in [3.63, 3.8) is 0 Å². The summed E-state index contributed by atoms with van der Waals surface area (Å²) < 4.78 is 5.06. The monoisotopic (exact) mass is 368 g/mol. The maximum Gasteiger partial charge on any atom is 0.310 e. The van der Waals surface area contributed by atoms with Crippen LogP contribution in [0.3, 0.4) is 0 Å². The van der Waals surface area contributed by atoms with E-state index in [4.69, 9.17) is 16.3 Å². The van der Waals surface area contributed by atoms with Gasteiger partial charge >= 0.3 is 5.97 Å². The number of pyridine rings is 1. The molecule has 1 amide bonds. The molecule has 3 aromatic rings. The first kappa shape index (κ1) is 17.9. The van der Waals surface area contributed by atoms with Gasteiger partial charge in [0.15, 0.2) is 6.61 Å². The number of hydrogen-bond acceptors (Lipinski definition) is 4. The summed E-state index contributed by atoms with van der Waals surface area (Å²) in [4.78, 5) is 28.2. The second-order valence-corrected chi connectivity index (χ2v) is 6.17. The quantitative estimate of drug-likeness (QED) is 0.678. The van der Waals surface area contributed by atoms with Crippen molar-refractivity contribution in [3.8, 4) is 0 Å². The number of carbonyl (C=O) groups is 2. The predicted octanol–water partition coefficient (Wildman–Crippen LogP) is 3.29. The van der Waals surface area contributed by atoms with Crippen LogP contribution in [-0.2, 0) is 27.3 Å². The Balaban J connectivity index is 1.50. The van der Waals surface area contributed by atoms with Gasteiger partial charge in [0.25, 0.3) is 5.91 Å². The number of fused-ring (bicyclic) bond motifs is 1. The van der Waals surface area contributed by atoms with Gasteiger partial charge in [-0.2, -0.15) is 0 Å². The van der Waals surface area contributed by atoms with E-state index in [2.05, 4.69) is 10.3 Å². The minimum atomic E-state index is -0.471. The molecule has 0 atom stereocenters. The van der Waals surface area contributed by atoms with Crippen LogP contribution < -0.4 is 5.32 Å². The molecule has 0 aliphatic heterocycles. The lowest BCUT2D eigenvalue weighted by molar-refractivity contribution is -0.147. The fraction of sp³-hybridized carbons (Fsp3) is 0.150. The molecule has 6 heteroatoms. The molecule has 0 unspecified atom stereocenters. The summed E-state index contributed by atoms with van der Waals surface area (Å²) in [6.45, 7) is 0.00177. The van der Waals surface area contributed by atoms with E-state index >= 15 is 0 Å². The summed E-state index contributed by atoms with van der Waals surface area (Å²) >= 11 is 5.89. The molecule has 0 spiro atoms. The Morgan fingerprint density at radius 2 is 1.88 bits per heavy atom. The summed E-state index contributed by atoms with van der Waals surface area (Å²) in [5.74, 6) is -0.838. The molecule has 1 heterocycles. The molecule has 26 heavy (non-hydrogen) atoms. The van der Waals surface area contributed by atoms with Gasteiger partial charge in [-0.3, -0.25) is 14.6 Å². The van der Waals surface area contributed by atoms with Gasteiger partial charge in [0, 0.05) is 23.2 Å². The maximum absolute atomic E-state index is 12.0. The third-order valence-electron chi connectivity index (χ3n) is 3.79. The number of para-hydroxylation sites is 1. The largest absolute Gasteiger partial charge is 0.455 e. The van der Waals surface area contributed by atoms with Crippen LogP contribution >= 0.6 is 11.6 Å². The topological polar surface area (TPSA) is 68.3 Å². The molecule has 1 N–H and O–H groups in total. The second-order valence-electron chi connectivity index (χ2n) is 5.74. The Labute approximate surface area is 156 Å². The van der Waals surface area contributed by atoms with E-state index in [0.717, 1.165) is 22.0 Å². The van der Waals surface area contributed by atoms with Gasteiger partial charge in [-0.1, -0.05) is 48.0 Å². The average molecular weight is 369 g/mol. The molecule has 2 aromatic carbocycles. The lowest BCUT2D eigenvalue weighted by Gasteiger charge is -2.08. The molecular formula is C20H17ClN2O3. The Morgan fingerprint density at radius 3 is 2.73 bits per heavy atom. The summed E-state index contributed by atoms with van der Waals surface area (Å²) in [6.07, 6.45) is 1.75. The number of benzene rings is 2. The van der Waals surface area contributed by atoms with Gasteiger partial charge in [0.05, 0.1) is 11.9 Å². The number of esters is 1. The van der Waals surface area contributed by atoms with E-state index in [-0.39, 0.29) is 18.9 Å². The smallest absolute Gasteiger partial charge is 0.310 e. The van der Waals surface area contributed by atoms with Crippen LogP contribution in [0.2, 0.25) is 5.02 Å². The van der Waals surface area contributed by atoms with E-state index in [1.165, 1.54) is 0 Å². The molecule has 0 saturated carbocycles. The highest BCUT2D eigenvalue weighted by Crippen LogP contribution is 2.16. The summed E-state index contributed by atoms with van der Waals surface area (Å²) in [6, 6.07) is 16.6. The average Bonchev–Trinajstić information content (AvgIpc) is 2.65. The predicted molar refractivity (Wildman–Crippen MR) is 99.7 cm³/mol. The Bertz CT molecular complexity index is 938. The number of carbonyl (C=O) groups excluding carboxylic acids is 2. The fourth-order valence-corrected chi connectivity index (χ4v) is 2.77. The number of nitrogens with one attached hydrogen (secondary N) is 1. The number of nitrogens with zero attached hydrogens (tertiary/aromatic N) is 1. The zero-order valence-corrected chi connectivity index (χ0v) is 14.7. The second kappa shape index (κ2) is 8.45. The summed E-state index contributed by atoms with van der Waals surface area (Å²) in [5, 5.41) is 4.25. The van der Waals surface area contributed by atoms with Gasteiger partial charge in [-0.15, -0.1) is 0 Å². The van der Waals surface area contributed by atoms with Crippen molar-refractivity contribution < 1.29 is 14.3 Å². The molecule has 1 aromatic heterocycles. The van der Waals surface area contributed by atoms with Crippen molar-refractivity contribution in [2.75, 3.05) is 6.61 Å². The van der Waals surface area contributed by atoms with Crippen LogP contribution in [-0.4, -0.2) is 23.5 Å². The van der Waals surface area contributed by atoms with Crippen LogP contribution in [0.15, 0.2) is 60.8 Å². The zero-order valence-electron chi connectivity index (χ0n) is 13.9. The third-order valence-corrected chi connectivity index (χ3v) is 4.03. The number of hydrogen-bond donors (Lipinski definition) is 1. The van der Waals surface area contributed by atoms with E-state index in [1.54, 1.807) is 18.3 Å². The molecular weight excluding hydrogens is 352 g/mol. The van der Waals surface area contributed by atoms with Gasteiger partial charge in [0.1, 0.15) is 0 Å². The van der Waals surface area contributed by atoms with E-state index in [0.29, 0.717) is 11.6 Å². The van der Waals surface area contributed by atoms with Crippen molar-refractivity contribution in [2.24, 2.45) is 0 Å². The molecule has 0 saturated heterocycles. The Kier molecular flexibility index (Phi) is 5.81. The fourth-order valence-electron chi connectivity index (χ4n) is 2.56. The maximum atomic E-state index is 12.0. The highest BCUT2D eigenvalue weighted by atomic mass is 35.5. The molecule has 0 aliphatic carbocycles. The highest BCUT2D eigenvalue weighted by molar-refractivity contribution is 6.30. The normalized spacial score (nSPS) is 10.5. The van der Waals surface area contributed by atoms with Gasteiger partial charge < -0.3 is 10.1 Å². The third kappa shape index (κ3) is 4.80. The van der Waals surface area contributed by atoms with E-state index < -0.39 is 5.97 Å². The van der Waals surface area contributed by atoms with Gasteiger partial charge in [-0.05, 0) is 29.3 Å². The number of rotatable bonds is 6. The van der Waals surface area contributed by atoms with Crippen molar-refractivity contribution in [1.82, 2.24) is 10.3 Å². The van der Waals surface area contributed by atoms with Crippen molar-refractivity contribution in [2.45, 2.75) is 13.0 Å². The minimum Gasteiger partial charge on any atom is -0.455 e. The van der Waals surface area contributed by atoms with Crippen LogP contribution in [0.4, 0.5) is 0 Å². The number of amides is 1. The van der Waals surface area contributed by atoms with E-state index in [9.17, 15) is 9.59 Å². The first-order valence-corrected chi connectivity index (χ1v) is 8.49. The highest BCUT2D eigenvalue weighted by Gasteiger charge is 2.11. The SMILES string of the molecule is O=C(COC(=O)Cc1cccc2cccnc12)NCc1cccc(Cl)c1. The van der Waals surface area contributed by atoms with Crippen molar-refractivity contribution >= 4 is 34.4 Å². The molecule has 0 bridgehead atoms. The Hall–Kier alpha value is -2.92. The van der Waals surface area contributed by atoms with Crippen molar-refractivity contribution in [3.05, 3.63) is 76.9 Å². The van der Waals surface area contributed by atoms with Crippen LogP contribution in [0, 0.1) is 0 Å². The minimum absolute atomic E-state index is 0.0654. The zero-order chi connectivity index (χ0) is 18.4. The lowest BCUT2D eigenvalue weighted by Crippen LogP contribution is -2.28. The molecule has 132 valence electrons. The van der Waals surface area contributed by atoms with E-state index in [1.807, 2.05) is 42.5 Å². The molecule has 0 radical (unpaired) electrons. The number of aromatic nitrogens is 1. The number of ether oxygens (including phenoxy) is 1. The summed E-state index contributed by atoms with van der Waals surface area (Å²) in [7, 11) is 0. The van der Waals surface area contributed by atoms with Gasteiger partial charge in [-0.25, -0.2) is 0 Å². The Morgan fingerprint density at radius 1 is 1.08 bits per heavy atom. The molecule has 0 fully saturated rings. The van der Waals surface area contributed by atoms with Crippen LogP contribution in [0.1, 0.15) is 11.1 Å². The standard InChI is InChI=1S/C20H17ClN2O3/c21-17-8-1-4-14(10-17)12-23-18(24)13-26-19(25)11-16-6-2-5-15-7-3-9-22-20(15)16/h1-10H,11-13H2,(H,23,24). The van der Waals surface area contributed by atoms with Crippen LogP contribution in [0.5, 0.6) is 0 Å². The summed E-state index contributed by atoms with van der Waals surface area (Å²) in [5.41, 5.74) is 2.41. The first-order chi connectivity index (χ1) is 12.6. The molecule has 5 nitrogen and oxygen atoms in total. The first-order valence-electron chi connectivity index (χ1n) is 8.11.